The molecule has 6 aliphatic rings. The Labute approximate surface area is 190 Å². The lowest BCUT2D eigenvalue weighted by Gasteiger charge is -2.60. The minimum atomic E-state index is -0.734. The minimum Gasteiger partial charge on any atom is -0.378 e. The van der Waals surface area contributed by atoms with Gasteiger partial charge in [-0.2, -0.15) is 0 Å². The monoisotopic (exact) mass is 444 g/mol. The van der Waals surface area contributed by atoms with Gasteiger partial charge in [0.2, 0.25) is 5.79 Å². The van der Waals surface area contributed by atoms with Crippen molar-refractivity contribution in [2.45, 2.75) is 70.4 Å². The molecule has 7 heteroatoms. The van der Waals surface area contributed by atoms with Gasteiger partial charge < -0.3 is 24.4 Å². The van der Waals surface area contributed by atoms with Crippen LogP contribution in [0.3, 0.4) is 0 Å². The SMILES string of the molecule is C[C@H]1[C@H](Nc2ccc(N3CCOCC3)cc2)O[C@@H]2O[C@@]3(C)CC[C@H]4[C@H](C)CC[C@@H]1[C@@]24OO3. The van der Waals surface area contributed by atoms with E-state index >= 15 is 0 Å². The Kier molecular flexibility index (Phi) is 5.19. The van der Waals surface area contributed by atoms with E-state index in [0.29, 0.717) is 17.8 Å². The molecule has 1 N–H and O–H groups in total. The zero-order chi connectivity index (χ0) is 21.9. The first-order valence-corrected chi connectivity index (χ1v) is 12.4. The van der Waals surface area contributed by atoms with E-state index in [1.165, 1.54) is 12.1 Å². The predicted octanol–water partition coefficient (Wildman–Crippen LogP) is 4.14. The predicted molar refractivity (Wildman–Crippen MR) is 120 cm³/mol. The number of fused-ring (bicyclic) bond motifs is 2. The van der Waals surface area contributed by atoms with E-state index in [9.17, 15) is 0 Å². The summed E-state index contributed by atoms with van der Waals surface area (Å²) in [6, 6.07) is 8.67. The van der Waals surface area contributed by atoms with Gasteiger partial charge in [-0.05, 0) is 62.3 Å². The molecule has 6 fully saturated rings. The molecule has 32 heavy (non-hydrogen) atoms. The molecule has 7 rings (SSSR count). The van der Waals surface area contributed by atoms with Crippen molar-refractivity contribution in [1.82, 2.24) is 0 Å². The summed E-state index contributed by atoms with van der Waals surface area (Å²) >= 11 is 0. The average Bonchev–Trinajstić information content (AvgIpc) is 3.04. The Balaban J connectivity index is 1.23. The first-order chi connectivity index (χ1) is 15.5. The van der Waals surface area contributed by atoms with Crippen LogP contribution in [0.2, 0.25) is 0 Å². The Morgan fingerprint density at radius 1 is 0.969 bits per heavy atom. The molecular weight excluding hydrogens is 408 g/mol. The van der Waals surface area contributed by atoms with Crippen molar-refractivity contribution in [2.75, 3.05) is 36.5 Å². The summed E-state index contributed by atoms with van der Waals surface area (Å²) in [5.74, 6) is 0.842. The Morgan fingerprint density at radius 3 is 2.53 bits per heavy atom. The van der Waals surface area contributed by atoms with Crippen molar-refractivity contribution in [3.05, 3.63) is 24.3 Å². The third-order valence-corrected chi connectivity index (χ3v) is 8.71. The highest BCUT2D eigenvalue weighted by molar-refractivity contribution is 5.55. The van der Waals surface area contributed by atoms with E-state index in [2.05, 4.69) is 48.3 Å². The molecular formula is C25H36N2O5. The Bertz CT molecular complexity index is 830. The zero-order valence-corrected chi connectivity index (χ0v) is 19.4. The summed E-state index contributed by atoms with van der Waals surface area (Å²) in [5.41, 5.74) is 1.80. The van der Waals surface area contributed by atoms with Gasteiger partial charge in [-0.3, -0.25) is 0 Å². The summed E-state index contributed by atoms with van der Waals surface area (Å²) in [7, 11) is 0. The summed E-state index contributed by atoms with van der Waals surface area (Å²) in [5, 5.41) is 3.66. The average molecular weight is 445 g/mol. The molecule has 2 bridgehead atoms. The highest BCUT2D eigenvalue weighted by Gasteiger charge is 2.69. The second-order valence-corrected chi connectivity index (χ2v) is 10.6. The number of benzene rings is 1. The fourth-order valence-corrected chi connectivity index (χ4v) is 6.82. The van der Waals surface area contributed by atoms with Gasteiger partial charge in [-0.15, -0.1) is 0 Å². The topological polar surface area (TPSA) is 61.4 Å². The van der Waals surface area contributed by atoms with Crippen LogP contribution in [0.15, 0.2) is 24.3 Å². The van der Waals surface area contributed by atoms with Crippen LogP contribution < -0.4 is 10.2 Å². The number of anilines is 2. The van der Waals surface area contributed by atoms with E-state index in [-0.39, 0.29) is 12.1 Å². The second-order valence-electron chi connectivity index (χ2n) is 10.6. The standard InChI is InChI=1S/C25H36N2O5/c1-16-4-9-21-17(2)22(26-18-5-7-19(8-6-18)27-12-14-28-15-13-27)29-23-25(21)20(16)10-11-24(3,30-23)31-32-25/h5-8,16-17,20-23,26H,4,9-15H2,1-3H3/t16-,17-,20+,21+,22-,23-,24-,25-/m1/s1. The highest BCUT2D eigenvalue weighted by Crippen LogP contribution is 2.60. The number of nitrogens with one attached hydrogen (secondary N) is 1. The maximum Gasteiger partial charge on any atom is 0.201 e. The molecule has 5 aliphatic heterocycles. The van der Waals surface area contributed by atoms with Gasteiger partial charge in [0, 0.05) is 42.7 Å². The zero-order valence-electron chi connectivity index (χ0n) is 19.4. The fraction of sp³-hybridized carbons (Fsp3) is 0.760. The minimum absolute atomic E-state index is 0.134. The summed E-state index contributed by atoms with van der Waals surface area (Å²) < 4.78 is 18.6. The molecule has 5 saturated heterocycles. The van der Waals surface area contributed by atoms with Gasteiger partial charge in [-0.25, -0.2) is 9.78 Å². The van der Waals surface area contributed by atoms with Gasteiger partial charge in [0.25, 0.3) is 0 Å². The normalized spacial score (nSPS) is 45.8. The van der Waals surface area contributed by atoms with E-state index in [0.717, 1.165) is 51.3 Å². The molecule has 176 valence electrons. The molecule has 1 aromatic rings. The van der Waals surface area contributed by atoms with Crippen molar-refractivity contribution in [3.63, 3.8) is 0 Å². The molecule has 7 nitrogen and oxygen atoms in total. The van der Waals surface area contributed by atoms with Crippen LogP contribution in [0.4, 0.5) is 11.4 Å². The van der Waals surface area contributed by atoms with Crippen molar-refractivity contribution in [1.29, 1.82) is 0 Å². The lowest BCUT2D eigenvalue weighted by Crippen LogP contribution is -2.71. The van der Waals surface area contributed by atoms with Crippen LogP contribution in [-0.2, 0) is 24.0 Å². The molecule has 0 aromatic heterocycles. The van der Waals surface area contributed by atoms with Crippen LogP contribution in [0.1, 0.15) is 46.5 Å². The molecule has 0 amide bonds. The molecule has 0 radical (unpaired) electrons. The smallest absolute Gasteiger partial charge is 0.201 e. The lowest BCUT2D eigenvalue weighted by molar-refractivity contribution is -0.570. The van der Waals surface area contributed by atoms with Crippen LogP contribution in [-0.4, -0.2) is 50.2 Å². The third kappa shape index (κ3) is 3.28. The molecule has 1 aliphatic carbocycles. The largest absolute Gasteiger partial charge is 0.378 e. The number of ether oxygens (including phenoxy) is 3. The quantitative estimate of drug-likeness (QED) is 0.703. The van der Waals surface area contributed by atoms with Crippen molar-refractivity contribution < 1.29 is 24.0 Å². The number of hydrogen-bond acceptors (Lipinski definition) is 7. The van der Waals surface area contributed by atoms with Gasteiger partial charge >= 0.3 is 0 Å². The molecule has 1 spiro atoms. The van der Waals surface area contributed by atoms with E-state index in [1.807, 2.05) is 6.92 Å². The molecule has 1 aromatic carbocycles. The lowest BCUT2D eigenvalue weighted by atomic mass is 9.58. The first kappa shape index (κ1) is 21.2. The molecule has 5 heterocycles. The maximum absolute atomic E-state index is 6.64. The number of nitrogens with zero attached hydrogens (tertiary/aromatic N) is 1. The van der Waals surface area contributed by atoms with Crippen LogP contribution in [0, 0.1) is 23.7 Å². The number of hydrogen-bond donors (Lipinski definition) is 1. The summed E-state index contributed by atoms with van der Waals surface area (Å²) in [6.07, 6.45) is 3.67. The fourth-order valence-electron chi connectivity index (χ4n) is 6.82. The van der Waals surface area contributed by atoms with Crippen molar-refractivity contribution >= 4 is 11.4 Å². The van der Waals surface area contributed by atoms with E-state index in [4.69, 9.17) is 24.0 Å². The van der Waals surface area contributed by atoms with Crippen molar-refractivity contribution in [3.8, 4) is 0 Å². The molecule has 8 atom stereocenters. The Morgan fingerprint density at radius 2 is 1.75 bits per heavy atom. The Hall–Kier alpha value is -1.38. The molecule has 1 saturated carbocycles. The van der Waals surface area contributed by atoms with Gasteiger partial charge in [0.15, 0.2) is 11.9 Å². The van der Waals surface area contributed by atoms with Gasteiger partial charge in [0.05, 0.1) is 13.2 Å². The molecule has 0 unspecified atom stereocenters. The number of morpholine rings is 1. The van der Waals surface area contributed by atoms with Gasteiger partial charge in [-0.1, -0.05) is 13.8 Å². The maximum atomic E-state index is 6.64. The first-order valence-electron chi connectivity index (χ1n) is 12.4. The van der Waals surface area contributed by atoms with E-state index in [1.54, 1.807) is 0 Å². The van der Waals surface area contributed by atoms with Crippen molar-refractivity contribution in [2.24, 2.45) is 23.7 Å². The van der Waals surface area contributed by atoms with Crippen LogP contribution in [0.25, 0.3) is 0 Å². The number of rotatable bonds is 3. The van der Waals surface area contributed by atoms with Gasteiger partial charge in [0.1, 0.15) is 6.23 Å². The second kappa shape index (κ2) is 7.84. The third-order valence-electron chi connectivity index (χ3n) is 8.71. The van der Waals surface area contributed by atoms with E-state index < -0.39 is 17.7 Å². The summed E-state index contributed by atoms with van der Waals surface area (Å²) in [6.45, 7) is 10.1. The highest BCUT2D eigenvalue weighted by atomic mass is 17.3. The van der Waals surface area contributed by atoms with Crippen LogP contribution in [0.5, 0.6) is 0 Å². The summed E-state index contributed by atoms with van der Waals surface area (Å²) in [4.78, 5) is 14.5. The van der Waals surface area contributed by atoms with Crippen LogP contribution >= 0.6 is 0 Å².